The van der Waals surface area contributed by atoms with Crippen LogP contribution in [0.2, 0.25) is 0 Å². The number of likely N-dealkylation sites (N-methyl/N-ethyl adjacent to an activating group) is 1. The molecule has 0 saturated carbocycles. The number of allylic oxidation sites excluding steroid dienone is 2. The van der Waals surface area contributed by atoms with Gasteiger partial charge in [-0.1, -0.05) is 147 Å². The standard InChI is InChI=1S/C44H85N2O10P/c1-6-8-10-11-12-13-14-15-16-17-18-19-20-25-29-40(48)39(36-55-57(52,53)54-34-33-46(3,4)5)45-43(50)30-26-22-21-24-28-38-41(49)35-44(51)56-42(38)32-31-37(47)27-23-9-7-2/h21,24,31-32,37-42,44,47-49,51H,6-20,22-23,25-30,33-36H2,1-5H3,(H-,45,50,52,53)/p+1/b24-21-,32-31+/t37-,38-,39-,40+,41-,42+,44?/m0/s1. The minimum Gasteiger partial charge on any atom is -0.393 e. The van der Waals surface area contributed by atoms with Crippen molar-refractivity contribution in [3.8, 4) is 0 Å². The molecule has 1 amide bonds. The predicted molar refractivity (Wildman–Crippen MR) is 229 cm³/mol. The number of ether oxygens (including phenoxy) is 1. The van der Waals surface area contributed by atoms with Crippen molar-refractivity contribution in [1.29, 1.82) is 0 Å². The van der Waals surface area contributed by atoms with E-state index in [0.29, 0.717) is 43.1 Å². The molecule has 336 valence electrons. The third kappa shape index (κ3) is 29.7. The Kier molecular flexibility index (Phi) is 30.8. The summed E-state index contributed by atoms with van der Waals surface area (Å²) in [5.41, 5.74) is 0. The summed E-state index contributed by atoms with van der Waals surface area (Å²) in [5, 5.41) is 45.0. The molecule has 2 unspecified atom stereocenters. The molecule has 0 spiro atoms. The smallest absolute Gasteiger partial charge is 0.393 e. The lowest BCUT2D eigenvalue weighted by molar-refractivity contribution is -0.870. The molecule has 12 nitrogen and oxygen atoms in total. The first-order valence-electron chi connectivity index (χ1n) is 22.6. The molecule has 57 heavy (non-hydrogen) atoms. The second kappa shape index (κ2) is 32.6. The molecule has 1 fully saturated rings. The van der Waals surface area contributed by atoms with E-state index in [2.05, 4.69) is 19.2 Å². The van der Waals surface area contributed by atoms with Crippen molar-refractivity contribution in [1.82, 2.24) is 5.32 Å². The maximum Gasteiger partial charge on any atom is 0.472 e. The molecule has 1 aliphatic rings. The van der Waals surface area contributed by atoms with Crippen molar-refractivity contribution in [3.63, 3.8) is 0 Å². The largest absolute Gasteiger partial charge is 0.472 e. The number of carbonyl (C=O) groups excluding carboxylic acids is 1. The van der Waals surface area contributed by atoms with E-state index in [-0.39, 0.29) is 37.9 Å². The second-order valence-electron chi connectivity index (χ2n) is 17.3. The molecular weight excluding hydrogens is 747 g/mol. The molecule has 1 saturated heterocycles. The normalized spacial score (nSPS) is 21.9. The van der Waals surface area contributed by atoms with E-state index >= 15 is 0 Å². The Balaban J connectivity index is 2.57. The minimum absolute atomic E-state index is 0.0255. The van der Waals surface area contributed by atoms with Crippen LogP contribution >= 0.6 is 7.82 Å². The fourth-order valence-corrected chi connectivity index (χ4v) is 7.76. The number of carbonyl (C=O) groups is 1. The molecule has 0 aromatic heterocycles. The molecule has 0 aromatic carbocycles. The maximum atomic E-state index is 13.0. The predicted octanol–water partition coefficient (Wildman–Crippen LogP) is 8.24. The van der Waals surface area contributed by atoms with Gasteiger partial charge in [0.05, 0.1) is 58.2 Å². The molecule has 13 heteroatoms. The highest BCUT2D eigenvalue weighted by atomic mass is 31.2. The molecular formula is C44H86N2O10P+. The third-order valence-corrected chi connectivity index (χ3v) is 11.7. The van der Waals surface area contributed by atoms with Crippen molar-refractivity contribution in [3.05, 3.63) is 24.3 Å². The van der Waals surface area contributed by atoms with Crippen molar-refractivity contribution >= 4 is 13.7 Å². The Morgan fingerprint density at radius 3 is 1.98 bits per heavy atom. The van der Waals surface area contributed by atoms with Gasteiger partial charge in [0, 0.05) is 18.8 Å². The molecule has 1 heterocycles. The fourth-order valence-electron chi connectivity index (χ4n) is 7.03. The van der Waals surface area contributed by atoms with Crippen LogP contribution in [0.3, 0.4) is 0 Å². The highest BCUT2D eigenvalue weighted by Crippen LogP contribution is 2.43. The molecule has 0 aliphatic carbocycles. The molecule has 1 rings (SSSR count). The number of quaternary nitrogens is 1. The summed E-state index contributed by atoms with van der Waals surface area (Å²) in [4.78, 5) is 23.3. The maximum absolute atomic E-state index is 13.0. The number of aliphatic hydroxyl groups is 4. The van der Waals surface area contributed by atoms with Gasteiger partial charge in [0.1, 0.15) is 13.2 Å². The van der Waals surface area contributed by atoms with Gasteiger partial charge in [-0.15, -0.1) is 0 Å². The zero-order valence-corrected chi connectivity index (χ0v) is 37.5. The number of nitrogens with one attached hydrogen (secondary N) is 1. The van der Waals surface area contributed by atoms with E-state index < -0.39 is 44.6 Å². The average Bonchev–Trinajstić information content (AvgIpc) is 3.14. The van der Waals surface area contributed by atoms with Gasteiger partial charge in [0.15, 0.2) is 6.29 Å². The van der Waals surface area contributed by atoms with Gasteiger partial charge >= 0.3 is 7.82 Å². The average molecular weight is 834 g/mol. The quantitative estimate of drug-likeness (QED) is 0.0156. The number of hydrogen-bond donors (Lipinski definition) is 6. The van der Waals surface area contributed by atoms with E-state index in [4.69, 9.17) is 13.8 Å². The van der Waals surface area contributed by atoms with Crippen LogP contribution < -0.4 is 5.32 Å². The van der Waals surface area contributed by atoms with Gasteiger partial charge in [-0.2, -0.15) is 0 Å². The highest BCUT2D eigenvalue weighted by Gasteiger charge is 2.35. The van der Waals surface area contributed by atoms with Crippen LogP contribution in [0.25, 0.3) is 0 Å². The summed E-state index contributed by atoms with van der Waals surface area (Å²) in [6.45, 7) is 4.54. The summed E-state index contributed by atoms with van der Waals surface area (Å²) in [6, 6.07) is -0.865. The van der Waals surface area contributed by atoms with Crippen molar-refractivity contribution in [2.75, 3.05) is 40.9 Å². The number of rotatable bonds is 36. The van der Waals surface area contributed by atoms with Gasteiger partial charge < -0.3 is 39.9 Å². The number of nitrogens with zero attached hydrogens (tertiary/aromatic N) is 1. The summed E-state index contributed by atoms with van der Waals surface area (Å²) >= 11 is 0. The highest BCUT2D eigenvalue weighted by molar-refractivity contribution is 7.47. The number of hydrogen-bond acceptors (Lipinski definition) is 9. The molecule has 0 radical (unpaired) electrons. The van der Waals surface area contributed by atoms with Gasteiger partial charge in [-0.3, -0.25) is 13.8 Å². The van der Waals surface area contributed by atoms with Crippen LogP contribution in [0.5, 0.6) is 0 Å². The second-order valence-corrected chi connectivity index (χ2v) is 18.8. The van der Waals surface area contributed by atoms with Gasteiger partial charge in [-0.25, -0.2) is 4.57 Å². The van der Waals surface area contributed by atoms with Gasteiger partial charge in [0.2, 0.25) is 5.91 Å². The lowest BCUT2D eigenvalue weighted by Gasteiger charge is -2.36. The number of aliphatic hydroxyl groups excluding tert-OH is 4. The van der Waals surface area contributed by atoms with Crippen LogP contribution in [0.15, 0.2) is 24.3 Å². The minimum atomic E-state index is -4.39. The molecule has 1 aliphatic heterocycles. The van der Waals surface area contributed by atoms with E-state index in [1.165, 1.54) is 70.6 Å². The summed E-state index contributed by atoms with van der Waals surface area (Å²) in [6.07, 6.45) is 26.7. The van der Waals surface area contributed by atoms with Crippen LogP contribution in [0, 0.1) is 5.92 Å². The van der Waals surface area contributed by atoms with Crippen molar-refractivity contribution in [2.45, 2.75) is 205 Å². The third-order valence-electron chi connectivity index (χ3n) is 10.7. The first kappa shape index (κ1) is 53.8. The van der Waals surface area contributed by atoms with Crippen LogP contribution in [0.4, 0.5) is 0 Å². The van der Waals surface area contributed by atoms with E-state index in [1.807, 2.05) is 33.3 Å². The van der Waals surface area contributed by atoms with Crippen molar-refractivity contribution < 1.29 is 52.9 Å². The first-order valence-corrected chi connectivity index (χ1v) is 24.1. The number of unbranched alkanes of at least 4 members (excludes halogenated alkanes) is 16. The summed E-state index contributed by atoms with van der Waals surface area (Å²) in [7, 11) is 1.45. The Bertz CT molecular complexity index is 1100. The molecule has 0 aromatic rings. The molecule has 6 N–H and O–H groups in total. The zero-order chi connectivity index (χ0) is 42.4. The Labute approximate surface area is 347 Å². The Morgan fingerprint density at radius 2 is 1.39 bits per heavy atom. The Hall–Kier alpha value is -1.18. The zero-order valence-electron chi connectivity index (χ0n) is 36.6. The number of phosphoric acid groups is 1. The van der Waals surface area contributed by atoms with E-state index in [9.17, 15) is 34.7 Å². The van der Waals surface area contributed by atoms with Crippen LogP contribution in [-0.4, -0.2) is 113 Å². The van der Waals surface area contributed by atoms with Crippen LogP contribution in [-0.2, 0) is 23.1 Å². The first-order chi connectivity index (χ1) is 27.2. The fraction of sp³-hybridized carbons (Fsp3) is 0.886. The molecule has 8 atom stereocenters. The number of amides is 1. The molecule has 0 bridgehead atoms. The van der Waals surface area contributed by atoms with Gasteiger partial charge in [0.25, 0.3) is 0 Å². The van der Waals surface area contributed by atoms with Crippen LogP contribution in [0.1, 0.15) is 168 Å². The number of phosphoric ester groups is 1. The van der Waals surface area contributed by atoms with E-state index in [1.54, 1.807) is 12.2 Å². The summed E-state index contributed by atoms with van der Waals surface area (Å²) in [5.74, 6) is -0.573. The lowest BCUT2D eigenvalue weighted by Crippen LogP contribution is -2.46. The van der Waals surface area contributed by atoms with Gasteiger partial charge in [-0.05, 0) is 32.1 Å². The topological polar surface area (TPSA) is 175 Å². The van der Waals surface area contributed by atoms with Crippen molar-refractivity contribution in [2.24, 2.45) is 5.92 Å². The Morgan fingerprint density at radius 1 is 0.825 bits per heavy atom. The summed E-state index contributed by atoms with van der Waals surface area (Å²) < 4.78 is 29.3. The SMILES string of the molecule is CCCCCCCCCCCCCCCC[C@@H](O)[C@H](COP(=O)(O)OCC[N+](C)(C)C)NC(=O)CCC/C=C\C[C@H]1[C@@H](O)CC(O)O[C@@H]1/C=C/[C@@H](O)CCCCC. The lowest BCUT2D eigenvalue weighted by atomic mass is 9.87. The van der Waals surface area contributed by atoms with E-state index in [0.717, 1.165) is 38.5 Å². The monoisotopic (exact) mass is 834 g/mol.